The summed E-state index contributed by atoms with van der Waals surface area (Å²) in [5.41, 5.74) is 1.12. The van der Waals surface area contributed by atoms with Crippen LogP contribution in [0.3, 0.4) is 0 Å². The molecule has 1 unspecified atom stereocenters. The van der Waals surface area contributed by atoms with Gasteiger partial charge < -0.3 is 0 Å². The van der Waals surface area contributed by atoms with Crippen LogP contribution in [0.1, 0.15) is 45.7 Å². The second-order valence-corrected chi connectivity index (χ2v) is 5.78. The van der Waals surface area contributed by atoms with E-state index in [1.807, 2.05) is 4.68 Å². The molecule has 3 nitrogen and oxygen atoms in total. The minimum atomic E-state index is 0.425. The molecule has 0 fully saturated rings. The van der Waals surface area contributed by atoms with Crippen LogP contribution in [-0.4, -0.2) is 20.2 Å². The van der Waals surface area contributed by atoms with E-state index in [4.69, 9.17) is 0 Å². The molecular formula is C12H23N3S. The van der Waals surface area contributed by atoms with Crippen molar-refractivity contribution in [1.82, 2.24) is 15.0 Å². The molecule has 0 bridgehead atoms. The first-order valence-corrected chi connectivity index (χ1v) is 6.66. The van der Waals surface area contributed by atoms with Crippen molar-refractivity contribution in [2.75, 3.05) is 0 Å². The average Bonchev–Trinajstić information content (AvgIpc) is 2.62. The molecule has 0 saturated carbocycles. The molecule has 0 saturated heterocycles. The summed E-state index contributed by atoms with van der Waals surface area (Å²) >= 11 is 4.35. The molecule has 0 amide bonds. The van der Waals surface area contributed by atoms with Gasteiger partial charge in [0.2, 0.25) is 0 Å². The second kappa shape index (κ2) is 6.94. The van der Waals surface area contributed by atoms with Gasteiger partial charge in [0.25, 0.3) is 0 Å². The molecule has 4 heteroatoms. The van der Waals surface area contributed by atoms with Crippen LogP contribution in [0.2, 0.25) is 0 Å². The zero-order chi connectivity index (χ0) is 12.0. The van der Waals surface area contributed by atoms with Crippen LogP contribution in [0.15, 0.2) is 6.20 Å². The quantitative estimate of drug-likeness (QED) is 0.744. The zero-order valence-electron chi connectivity index (χ0n) is 10.6. The Morgan fingerprint density at radius 2 is 2.06 bits per heavy atom. The lowest BCUT2D eigenvalue weighted by atomic mass is 10.1. The van der Waals surface area contributed by atoms with E-state index in [-0.39, 0.29) is 0 Å². The van der Waals surface area contributed by atoms with Gasteiger partial charge in [-0.25, -0.2) is 0 Å². The highest BCUT2D eigenvalue weighted by atomic mass is 32.1. The van der Waals surface area contributed by atoms with Crippen LogP contribution >= 0.6 is 12.6 Å². The highest BCUT2D eigenvalue weighted by Gasteiger charge is 2.02. The van der Waals surface area contributed by atoms with E-state index in [2.05, 4.69) is 49.9 Å². The third kappa shape index (κ3) is 5.54. The average molecular weight is 241 g/mol. The van der Waals surface area contributed by atoms with Crippen molar-refractivity contribution < 1.29 is 0 Å². The smallest absolute Gasteiger partial charge is 0.0827 e. The number of thiol groups is 1. The highest BCUT2D eigenvalue weighted by molar-refractivity contribution is 7.80. The molecule has 1 aromatic heterocycles. The maximum atomic E-state index is 4.35. The maximum Gasteiger partial charge on any atom is 0.0827 e. The summed E-state index contributed by atoms with van der Waals surface area (Å²) in [6, 6.07) is 0. The van der Waals surface area contributed by atoms with Crippen LogP contribution in [0.25, 0.3) is 0 Å². The molecule has 0 aliphatic heterocycles. The summed E-state index contributed by atoms with van der Waals surface area (Å²) in [7, 11) is 0. The first kappa shape index (κ1) is 13.6. The van der Waals surface area contributed by atoms with E-state index >= 15 is 0 Å². The summed E-state index contributed by atoms with van der Waals surface area (Å²) in [6.45, 7) is 7.53. The minimum Gasteiger partial charge on any atom is -0.252 e. The summed E-state index contributed by atoms with van der Waals surface area (Å²) in [6.07, 6.45) is 6.63. The molecule has 0 aromatic carbocycles. The zero-order valence-corrected chi connectivity index (χ0v) is 11.5. The minimum absolute atomic E-state index is 0.425. The standard InChI is InChI=1S/C12H23N3S/c1-10(2)5-4-6-12-9-15(14-13-12)8-7-11(3)16/h9-11,16H,4-8H2,1-3H3. The number of aryl methyl sites for hydroxylation is 2. The molecular weight excluding hydrogens is 218 g/mol. The van der Waals surface area contributed by atoms with Crippen molar-refractivity contribution >= 4 is 12.6 Å². The normalized spacial score (nSPS) is 13.3. The topological polar surface area (TPSA) is 30.7 Å². The number of aromatic nitrogens is 3. The lowest BCUT2D eigenvalue weighted by Crippen LogP contribution is -2.03. The number of nitrogens with zero attached hydrogens (tertiary/aromatic N) is 3. The van der Waals surface area contributed by atoms with Crippen LogP contribution < -0.4 is 0 Å². The number of hydrogen-bond acceptors (Lipinski definition) is 3. The van der Waals surface area contributed by atoms with Crippen molar-refractivity contribution in [3.05, 3.63) is 11.9 Å². The molecule has 16 heavy (non-hydrogen) atoms. The molecule has 1 rings (SSSR count). The Morgan fingerprint density at radius 3 is 2.69 bits per heavy atom. The largest absolute Gasteiger partial charge is 0.252 e. The van der Waals surface area contributed by atoms with Crippen LogP contribution in [0.4, 0.5) is 0 Å². The SMILES string of the molecule is CC(C)CCCc1cn(CCC(C)S)nn1. The predicted molar refractivity (Wildman–Crippen MR) is 70.9 cm³/mol. The third-order valence-corrected chi connectivity index (χ3v) is 2.83. The molecule has 0 aliphatic rings. The molecule has 0 spiro atoms. The maximum absolute atomic E-state index is 4.35. The van der Waals surface area contributed by atoms with Crippen LogP contribution in [0.5, 0.6) is 0 Å². The van der Waals surface area contributed by atoms with Gasteiger partial charge in [-0.2, -0.15) is 12.6 Å². The van der Waals surface area contributed by atoms with Crippen molar-refractivity contribution in [3.63, 3.8) is 0 Å². The van der Waals surface area contributed by atoms with E-state index in [0.717, 1.165) is 31.0 Å². The van der Waals surface area contributed by atoms with Gasteiger partial charge >= 0.3 is 0 Å². The van der Waals surface area contributed by atoms with Crippen molar-refractivity contribution in [2.24, 2.45) is 5.92 Å². The van der Waals surface area contributed by atoms with Gasteiger partial charge in [-0.15, -0.1) is 5.10 Å². The van der Waals surface area contributed by atoms with Gasteiger partial charge in [-0.05, 0) is 25.2 Å². The molecule has 1 aromatic rings. The fourth-order valence-corrected chi connectivity index (χ4v) is 1.69. The summed E-state index contributed by atoms with van der Waals surface area (Å²) in [5.74, 6) is 0.778. The van der Waals surface area contributed by atoms with Crippen molar-refractivity contribution in [1.29, 1.82) is 0 Å². The van der Waals surface area contributed by atoms with E-state index in [1.54, 1.807) is 0 Å². The van der Waals surface area contributed by atoms with Crippen molar-refractivity contribution in [3.8, 4) is 0 Å². The summed E-state index contributed by atoms with van der Waals surface area (Å²) in [4.78, 5) is 0. The molecule has 0 radical (unpaired) electrons. The second-order valence-electron chi connectivity index (χ2n) is 4.90. The first-order chi connectivity index (χ1) is 7.58. The molecule has 92 valence electrons. The van der Waals surface area contributed by atoms with Gasteiger partial charge in [-0.3, -0.25) is 4.68 Å². The van der Waals surface area contributed by atoms with Crippen LogP contribution in [0, 0.1) is 5.92 Å². The third-order valence-electron chi connectivity index (χ3n) is 2.58. The van der Waals surface area contributed by atoms with Gasteiger partial charge in [0.1, 0.15) is 0 Å². The Balaban J connectivity index is 2.28. The van der Waals surface area contributed by atoms with E-state index in [1.165, 1.54) is 12.8 Å². The lowest BCUT2D eigenvalue weighted by Gasteiger charge is -2.02. The predicted octanol–water partition coefficient (Wildman–Crippen LogP) is 2.97. The first-order valence-electron chi connectivity index (χ1n) is 6.15. The Kier molecular flexibility index (Phi) is 5.88. The Morgan fingerprint density at radius 1 is 1.31 bits per heavy atom. The fraction of sp³-hybridized carbons (Fsp3) is 0.833. The van der Waals surface area contributed by atoms with E-state index in [0.29, 0.717) is 5.25 Å². The Bertz CT molecular complexity index is 294. The van der Waals surface area contributed by atoms with Gasteiger partial charge in [0.05, 0.1) is 5.69 Å². The van der Waals surface area contributed by atoms with Gasteiger partial charge in [0.15, 0.2) is 0 Å². The van der Waals surface area contributed by atoms with E-state index in [9.17, 15) is 0 Å². The Labute approximate surface area is 104 Å². The molecule has 0 N–H and O–H groups in total. The molecule has 1 atom stereocenters. The van der Waals surface area contributed by atoms with Gasteiger partial charge in [-0.1, -0.05) is 32.4 Å². The van der Waals surface area contributed by atoms with Gasteiger partial charge in [0, 0.05) is 18.0 Å². The van der Waals surface area contributed by atoms with Crippen LogP contribution in [-0.2, 0) is 13.0 Å². The number of rotatable bonds is 7. The summed E-state index contributed by atoms with van der Waals surface area (Å²) in [5, 5.41) is 8.72. The van der Waals surface area contributed by atoms with E-state index < -0.39 is 0 Å². The molecule has 0 aliphatic carbocycles. The Hall–Kier alpha value is -0.510. The highest BCUT2D eigenvalue weighted by Crippen LogP contribution is 2.08. The fourth-order valence-electron chi connectivity index (χ4n) is 1.57. The summed E-state index contributed by atoms with van der Waals surface area (Å²) < 4.78 is 1.93. The monoisotopic (exact) mass is 241 g/mol. The molecule has 1 heterocycles. The number of hydrogen-bond donors (Lipinski definition) is 1. The lowest BCUT2D eigenvalue weighted by molar-refractivity contribution is 0.552. The van der Waals surface area contributed by atoms with Crippen molar-refractivity contribution in [2.45, 2.75) is 58.2 Å².